The fourth-order valence-corrected chi connectivity index (χ4v) is 3.13. The van der Waals surface area contributed by atoms with Crippen molar-refractivity contribution in [1.82, 2.24) is 4.90 Å². The second-order valence-corrected chi connectivity index (χ2v) is 6.11. The van der Waals surface area contributed by atoms with E-state index in [4.69, 9.17) is 19.9 Å². The first-order valence-electron chi connectivity index (χ1n) is 8.38. The van der Waals surface area contributed by atoms with E-state index in [1.54, 1.807) is 14.2 Å². The summed E-state index contributed by atoms with van der Waals surface area (Å²) in [5, 5.41) is 0. The maximum Gasteiger partial charge on any atom is 0.230 e. The van der Waals surface area contributed by atoms with Crippen LogP contribution in [0.2, 0.25) is 0 Å². The topological polar surface area (TPSA) is 74.0 Å². The standard InChI is InChI=1S/C18H28N2O4/c1-4-20(17(21)18(13-19)7-9-24-10-8-18)12-14-5-6-15(22-2)16(11-14)23-3/h5-6,11H,4,7-10,12-13,19H2,1-3H3. The summed E-state index contributed by atoms with van der Waals surface area (Å²) in [6, 6.07) is 5.73. The first kappa shape index (κ1) is 18.5. The molecule has 1 aromatic carbocycles. The van der Waals surface area contributed by atoms with E-state index in [0.29, 0.717) is 57.2 Å². The highest BCUT2D eigenvalue weighted by molar-refractivity contribution is 5.83. The van der Waals surface area contributed by atoms with Gasteiger partial charge in [-0.15, -0.1) is 0 Å². The summed E-state index contributed by atoms with van der Waals surface area (Å²) in [6.07, 6.45) is 1.37. The van der Waals surface area contributed by atoms with Crippen molar-refractivity contribution in [3.63, 3.8) is 0 Å². The number of hydrogen-bond acceptors (Lipinski definition) is 5. The lowest BCUT2D eigenvalue weighted by molar-refractivity contribution is -0.147. The first-order valence-corrected chi connectivity index (χ1v) is 8.38. The van der Waals surface area contributed by atoms with E-state index < -0.39 is 5.41 Å². The van der Waals surface area contributed by atoms with Gasteiger partial charge in [0.2, 0.25) is 5.91 Å². The molecule has 0 bridgehead atoms. The second kappa shape index (κ2) is 8.35. The molecular formula is C18H28N2O4. The van der Waals surface area contributed by atoms with E-state index in [9.17, 15) is 4.79 Å². The Hall–Kier alpha value is -1.79. The summed E-state index contributed by atoms with van der Waals surface area (Å²) >= 11 is 0. The maximum atomic E-state index is 13.1. The van der Waals surface area contributed by atoms with Crippen LogP contribution in [0.15, 0.2) is 18.2 Å². The molecule has 6 heteroatoms. The molecule has 2 rings (SSSR count). The summed E-state index contributed by atoms with van der Waals surface area (Å²) in [6.45, 7) is 4.70. The van der Waals surface area contributed by atoms with E-state index >= 15 is 0 Å². The Morgan fingerprint density at radius 1 is 1.25 bits per heavy atom. The molecule has 1 heterocycles. The normalized spacial score (nSPS) is 16.5. The number of nitrogens with two attached hydrogens (primary N) is 1. The number of methoxy groups -OCH3 is 2. The van der Waals surface area contributed by atoms with Crippen LogP contribution in [-0.4, -0.2) is 51.3 Å². The third-order valence-electron chi connectivity index (χ3n) is 4.78. The lowest BCUT2D eigenvalue weighted by atomic mass is 9.78. The highest BCUT2D eigenvalue weighted by Crippen LogP contribution is 2.33. The van der Waals surface area contributed by atoms with Gasteiger partial charge in [-0.2, -0.15) is 0 Å². The summed E-state index contributed by atoms with van der Waals surface area (Å²) < 4.78 is 16.0. The Kier molecular flexibility index (Phi) is 6.45. The molecule has 0 radical (unpaired) electrons. The fraction of sp³-hybridized carbons (Fsp3) is 0.611. The average molecular weight is 336 g/mol. The monoisotopic (exact) mass is 336 g/mol. The van der Waals surface area contributed by atoms with Crippen LogP contribution in [-0.2, 0) is 16.1 Å². The zero-order valence-corrected chi connectivity index (χ0v) is 14.8. The Bertz CT molecular complexity index is 556. The van der Waals surface area contributed by atoms with Crippen LogP contribution in [0.4, 0.5) is 0 Å². The van der Waals surface area contributed by atoms with Crippen molar-refractivity contribution in [2.45, 2.75) is 26.3 Å². The van der Waals surface area contributed by atoms with Gasteiger partial charge in [-0.3, -0.25) is 4.79 Å². The zero-order chi connectivity index (χ0) is 17.6. The molecule has 24 heavy (non-hydrogen) atoms. The van der Waals surface area contributed by atoms with Crippen LogP contribution in [0, 0.1) is 5.41 Å². The highest BCUT2D eigenvalue weighted by atomic mass is 16.5. The minimum atomic E-state index is -0.495. The number of benzene rings is 1. The number of amides is 1. The second-order valence-electron chi connectivity index (χ2n) is 6.11. The highest BCUT2D eigenvalue weighted by Gasteiger charge is 2.41. The number of nitrogens with zero attached hydrogens (tertiary/aromatic N) is 1. The van der Waals surface area contributed by atoms with Crippen LogP contribution in [0.1, 0.15) is 25.3 Å². The van der Waals surface area contributed by atoms with Crippen LogP contribution in [0.5, 0.6) is 11.5 Å². The summed E-state index contributed by atoms with van der Waals surface area (Å²) in [5.41, 5.74) is 6.48. The third kappa shape index (κ3) is 3.82. The summed E-state index contributed by atoms with van der Waals surface area (Å²) in [5.74, 6) is 1.46. The number of hydrogen-bond donors (Lipinski definition) is 1. The number of ether oxygens (including phenoxy) is 3. The van der Waals surface area contributed by atoms with Gasteiger partial charge in [-0.05, 0) is 37.5 Å². The van der Waals surface area contributed by atoms with Crippen LogP contribution in [0.3, 0.4) is 0 Å². The minimum Gasteiger partial charge on any atom is -0.493 e. The van der Waals surface area contributed by atoms with Crippen molar-refractivity contribution in [3.8, 4) is 11.5 Å². The van der Waals surface area contributed by atoms with Gasteiger partial charge in [0.25, 0.3) is 0 Å². The predicted octanol–water partition coefficient (Wildman–Crippen LogP) is 1.81. The third-order valence-corrected chi connectivity index (χ3v) is 4.78. The van der Waals surface area contributed by atoms with Crippen molar-refractivity contribution < 1.29 is 19.0 Å². The SMILES string of the molecule is CCN(Cc1ccc(OC)c(OC)c1)C(=O)C1(CN)CCOCC1. The molecule has 0 saturated carbocycles. The van der Waals surface area contributed by atoms with Gasteiger partial charge >= 0.3 is 0 Å². The largest absolute Gasteiger partial charge is 0.493 e. The maximum absolute atomic E-state index is 13.1. The Morgan fingerprint density at radius 2 is 1.92 bits per heavy atom. The van der Waals surface area contributed by atoms with Gasteiger partial charge in [-0.25, -0.2) is 0 Å². The molecule has 0 atom stereocenters. The van der Waals surface area contributed by atoms with Gasteiger partial charge in [0, 0.05) is 32.8 Å². The molecular weight excluding hydrogens is 308 g/mol. The van der Waals surface area contributed by atoms with Gasteiger partial charge in [0.05, 0.1) is 19.6 Å². The number of carbonyl (C=O) groups excluding carboxylic acids is 1. The molecule has 6 nitrogen and oxygen atoms in total. The van der Waals surface area contributed by atoms with Crippen molar-refractivity contribution in [2.24, 2.45) is 11.1 Å². The minimum absolute atomic E-state index is 0.116. The van der Waals surface area contributed by atoms with Gasteiger partial charge < -0.3 is 24.8 Å². The number of carbonyl (C=O) groups is 1. The summed E-state index contributed by atoms with van der Waals surface area (Å²) in [7, 11) is 3.21. The molecule has 134 valence electrons. The number of rotatable bonds is 7. The first-order chi connectivity index (χ1) is 11.6. The molecule has 1 aliphatic heterocycles. The van der Waals surface area contributed by atoms with Crippen molar-refractivity contribution in [3.05, 3.63) is 23.8 Å². The molecule has 1 saturated heterocycles. The Balaban J connectivity index is 2.17. The van der Waals surface area contributed by atoms with E-state index in [0.717, 1.165) is 5.56 Å². The molecule has 2 N–H and O–H groups in total. The quantitative estimate of drug-likeness (QED) is 0.822. The van der Waals surface area contributed by atoms with Crippen LogP contribution in [0.25, 0.3) is 0 Å². The van der Waals surface area contributed by atoms with Crippen molar-refractivity contribution >= 4 is 5.91 Å². The average Bonchev–Trinajstić information content (AvgIpc) is 2.65. The van der Waals surface area contributed by atoms with Crippen molar-refractivity contribution in [1.29, 1.82) is 0 Å². The molecule has 1 aromatic rings. The van der Waals surface area contributed by atoms with Gasteiger partial charge in [0.1, 0.15) is 0 Å². The molecule has 0 unspecified atom stereocenters. The lowest BCUT2D eigenvalue weighted by Gasteiger charge is -2.38. The van der Waals surface area contributed by atoms with E-state index in [2.05, 4.69) is 0 Å². The molecule has 0 spiro atoms. The lowest BCUT2D eigenvalue weighted by Crippen LogP contribution is -2.50. The smallest absolute Gasteiger partial charge is 0.230 e. The van der Waals surface area contributed by atoms with E-state index in [-0.39, 0.29) is 5.91 Å². The van der Waals surface area contributed by atoms with Crippen molar-refractivity contribution in [2.75, 3.05) is 40.5 Å². The molecule has 0 aliphatic carbocycles. The fourth-order valence-electron chi connectivity index (χ4n) is 3.13. The zero-order valence-electron chi connectivity index (χ0n) is 14.8. The predicted molar refractivity (Wildman–Crippen MR) is 92.2 cm³/mol. The van der Waals surface area contributed by atoms with E-state index in [1.165, 1.54) is 0 Å². The molecule has 1 fully saturated rings. The van der Waals surface area contributed by atoms with E-state index in [1.807, 2.05) is 30.0 Å². The van der Waals surface area contributed by atoms with Crippen LogP contribution < -0.4 is 15.2 Å². The summed E-state index contributed by atoms with van der Waals surface area (Å²) in [4.78, 5) is 15.0. The molecule has 1 aliphatic rings. The van der Waals surface area contributed by atoms with Gasteiger partial charge in [0.15, 0.2) is 11.5 Å². The molecule has 0 aromatic heterocycles. The van der Waals surface area contributed by atoms with Gasteiger partial charge in [-0.1, -0.05) is 6.07 Å². The Morgan fingerprint density at radius 3 is 2.46 bits per heavy atom. The molecule has 1 amide bonds. The van der Waals surface area contributed by atoms with Crippen LogP contribution >= 0.6 is 0 Å². The Labute approximate surface area is 143 Å².